The van der Waals surface area contributed by atoms with E-state index >= 15 is 0 Å². The quantitative estimate of drug-likeness (QED) is 0.0216. The standard InChI is InChI=1S/C44H55N8O8P/c1-29(2)52(30(3)4)61(58-25-24-45-5)60-38-36(59-42(39(38)56-10)51-28-46-37-40(51)48-43(49-41(37)53)47-27-50(6)7)26-57-44(31-14-12-11-13-15-31,32-16-20-34(54-8)21-17-32)33-18-22-35(55-9)23-19-33/h11-23,27-30,36,38-39,42H,24-26H2,1-4,6-10H3,(H,48,49,53)/b47-27+/t36-,38+,39?,42-,61?/m1/s1. The van der Waals surface area contributed by atoms with Crippen molar-refractivity contribution in [2.75, 3.05) is 55.2 Å². The molecule has 1 fully saturated rings. The number of H-pyrrole nitrogens is 1. The molecule has 3 heterocycles. The van der Waals surface area contributed by atoms with E-state index in [1.54, 1.807) is 37.1 Å². The maximum atomic E-state index is 13.3. The van der Waals surface area contributed by atoms with E-state index in [1.165, 1.54) is 6.33 Å². The average Bonchev–Trinajstić information content (AvgIpc) is 3.84. The second-order valence-electron chi connectivity index (χ2n) is 15.1. The van der Waals surface area contributed by atoms with E-state index < -0.39 is 44.2 Å². The largest absolute Gasteiger partial charge is 0.497 e. The van der Waals surface area contributed by atoms with Crippen LogP contribution < -0.4 is 15.0 Å². The van der Waals surface area contributed by atoms with Gasteiger partial charge in [-0.05, 0) is 68.7 Å². The Morgan fingerprint density at radius 3 is 2.08 bits per heavy atom. The molecule has 324 valence electrons. The van der Waals surface area contributed by atoms with Crippen LogP contribution in [-0.2, 0) is 28.9 Å². The fourth-order valence-electron chi connectivity index (χ4n) is 7.45. The van der Waals surface area contributed by atoms with Crippen LogP contribution in [0.25, 0.3) is 16.0 Å². The zero-order valence-corrected chi connectivity index (χ0v) is 37.0. The highest BCUT2D eigenvalue weighted by atomic mass is 31.2. The van der Waals surface area contributed by atoms with Crippen LogP contribution in [0, 0.1) is 6.57 Å². The zero-order chi connectivity index (χ0) is 43.7. The smallest absolute Gasteiger partial charge is 0.280 e. The van der Waals surface area contributed by atoms with Crippen molar-refractivity contribution in [3.8, 4) is 11.5 Å². The van der Waals surface area contributed by atoms with Crippen LogP contribution in [0.3, 0.4) is 0 Å². The second kappa shape index (κ2) is 20.5. The van der Waals surface area contributed by atoms with Crippen LogP contribution >= 0.6 is 8.53 Å². The number of rotatable bonds is 20. The minimum absolute atomic E-state index is 0.0123. The van der Waals surface area contributed by atoms with Gasteiger partial charge in [0.1, 0.15) is 42.0 Å². The monoisotopic (exact) mass is 854 g/mol. The van der Waals surface area contributed by atoms with Crippen molar-refractivity contribution < 1.29 is 32.7 Å². The molecule has 1 N–H and O–H groups in total. The number of hydrogen-bond donors (Lipinski definition) is 1. The number of aliphatic imine (C=N–C) groups is 1. The predicted molar refractivity (Wildman–Crippen MR) is 234 cm³/mol. The summed E-state index contributed by atoms with van der Waals surface area (Å²) in [7, 11) is 6.71. The molecule has 0 radical (unpaired) electrons. The number of ether oxygens (including phenoxy) is 5. The summed E-state index contributed by atoms with van der Waals surface area (Å²) in [6.45, 7) is 16.1. The van der Waals surface area contributed by atoms with Gasteiger partial charge in [-0.2, -0.15) is 4.98 Å². The summed E-state index contributed by atoms with van der Waals surface area (Å²) in [4.78, 5) is 34.7. The molecule has 0 bridgehead atoms. The van der Waals surface area contributed by atoms with Crippen molar-refractivity contribution in [3.63, 3.8) is 0 Å². The number of hydrogen-bond acceptors (Lipinski definition) is 12. The lowest BCUT2D eigenvalue weighted by Crippen LogP contribution is -2.42. The Hall–Kier alpha value is -5.24. The minimum Gasteiger partial charge on any atom is -0.497 e. The molecule has 0 aliphatic carbocycles. The van der Waals surface area contributed by atoms with Gasteiger partial charge in [0.15, 0.2) is 17.4 Å². The molecule has 0 spiro atoms. The molecular formula is C44H55N8O8P. The van der Waals surface area contributed by atoms with Crippen LogP contribution in [0.15, 0.2) is 95.0 Å². The first kappa shape index (κ1) is 45.3. The van der Waals surface area contributed by atoms with Gasteiger partial charge in [0.25, 0.3) is 14.1 Å². The highest BCUT2D eigenvalue weighted by Crippen LogP contribution is 2.51. The average molecular weight is 855 g/mol. The number of aromatic amines is 1. The van der Waals surface area contributed by atoms with Crippen molar-refractivity contribution in [1.82, 2.24) is 29.1 Å². The van der Waals surface area contributed by atoms with Crippen LogP contribution in [0.1, 0.15) is 50.6 Å². The Balaban J connectivity index is 1.50. The van der Waals surface area contributed by atoms with Crippen LogP contribution in [0.5, 0.6) is 11.5 Å². The summed E-state index contributed by atoms with van der Waals surface area (Å²) in [5.41, 5.74) is 1.27. The summed E-state index contributed by atoms with van der Waals surface area (Å²) < 4.78 is 49.2. The lowest BCUT2D eigenvalue weighted by molar-refractivity contribution is -0.0938. The molecule has 6 rings (SSSR count). The lowest BCUT2D eigenvalue weighted by atomic mass is 9.80. The molecule has 2 aromatic heterocycles. The molecule has 3 aromatic carbocycles. The molecule has 61 heavy (non-hydrogen) atoms. The molecular weight excluding hydrogens is 800 g/mol. The summed E-state index contributed by atoms with van der Waals surface area (Å²) in [6, 6.07) is 25.6. The van der Waals surface area contributed by atoms with Gasteiger partial charge in [0.05, 0.1) is 33.5 Å². The van der Waals surface area contributed by atoms with E-state index in [0.29, 0.717) is 11.5 Å². The number of fused-ring (bicyclic) bond motifs is 1. The molecule has 1 aliphatic heterocycles. The summed E-state index contributed by atoms with van der Waals surface area (Å²) in [5.74, 6) is 1.49. The molecule has 17 heteroatoms. The molecule has 2 unspecified atom stereocenters. The van der Waals surface area contributed by atoms with Gasteiger partial charge < -0.3 is 42.5 Å². The van der Waals surface area contributed by atoms with Gasteiger partial charge in [-0.3, -0.25) is 14.3 Å². The van der Waals surface area contributed by atoms with Gasteiger partial charge in [-0.1, -0.05) is 54.6 Å². The first-order valence-electron chi connectivity index (χ1n) is 20.0. The molecule has 16 nitrogen and oxygen atoms in total. The van der Waals surface area contributed by atoms with E-state index in [9.17, 15) is 4.79 Å². The Morgan fingerprint density at radius 2 is 1.54 bits per heavy atom. The fraction of sp³-hybridized carbons (Fsp3) is 0.432. The highest BCUT2D eigenvalue weighted by Gasteiger charge is 2.51. The number of nitrogens with one attached hydrogen (secondary N) is 1. The Bertz CT molecular complexity index is 2240. The van der Waals surface area contributed by atoms with E-state index in [0.717, 1.165) is 16.7 Å². The van der Waals surface area contributed by atoms with Crippen molar-refractivity contribution in [3.05, 3.63) is 124 Å². The molecule has 1 aliphatic rings. The van der Waals surface area contributed by atoms with Gasteiger partial charge in [0.2, 0.25) is 12.5 Å². The van der Waals surface area contributed by atoms with Crippen LogP contribution in [0.4, 0.5) is 5.95 Å². The van der Waals surface area contributed by atoms with Crippen molar-refractivity contribution in [2.24, 2.45) is 4.99 Å². The van der Waals surface area contributed by atoms with Crippen molar-refractivity contribution >= 4 is 32.0 Å². The lowest BCUT2D eigenvalue weighted by Gasteiger charge is -2.39. The SMILES string of the molecule is [C-]#[N+]CCOP(O[C@@H]1C(OC)[C@H](n2cnc3c(=O)[nH]c(/N=C/N(C)C)nc32)O[C@@H]1COC(c1ccccc1)(c1ccc(OC)cc1)c1ccc(OC)cc1)N(C(C)C)C(C)C. The molecule has 5 atom stereocenters. The third kappa shape index (κ3) is 9.95. The summed E-state index contributed by atoms with van der Waals surface area (Å²) >= 11 is 0. The number of benzene rings is 3. The second-order valence-corrected chi connectivity index (χ2v) is 16.5. The number of aromatic nitrogens is 4. The first-order chi connectivity index (χ1) is 29.4. The maximum absolute atomic E-state index is 13.3. The third-order valence-corrected chi connectivity index (χ3v) is 12.3. The number of imidazole rings is 1. The fourth-order valence-corrected chi connectivity index (χ4v) is 9.21. The Labute approximate surface area is 358 Å². The number of methoxy groups -OCH3 is 3. The van der Waals surface area contributed by atoms with E-state index in [4.69, 9.17) is 39.3 Å². The van der Waals surface area contributed by atoms with Gasteiger partial charge in [0, 0.05) is 33.3 Å². The van der Waals surface area contributed by atoms with Gasteiger partial charge in [-0.15, -0.1) is 0 Å². The van der Waals surface area contributed by atoms with Gasteiger partial charge in [-0.25, -0.2) is 21.2 Å². The topological polar surface area (TPSA) is 151 Å². The van der Waals surface area contributed by atoms with Crippen LogP contribution in [-0.4, -0.2) is 121 Å². The minimum atomic E-state index is -1.77. The predicted octanol–water partition coefficient (Wildman–Crippen LogP) is 6.95. The van der Waals surface area contributed by atoms with E-state index in [1.807, 2.05) is 93.0 Å². The Kier molecular flexibility index (Phi) is 15.3. The van der Waals surface area contributed by atoms with E-state index in [2.05, 4.69) is 57.2 Å². The first-order valence-corrected chi connectivity index (χ1v) is 21.1. The maximum Gasteiger partial charge on any atom is 0.280 e. The molecule has 1 saturated heterocycles. The normalized spacial score (nSPS) is 18.7. The molecule has 0 amide bonds. The highest BCUT2D eigenvalue weighted by molar-refractivity contribution is 7.44. The van der Waals surface area contributed by atoms with E-state index in [-0.39, 0.29) is 49.0 Å². The summed E-state index contributed by atoms with van der Waals surface area (Å²) in [5, 5.41) is 0. The molecule has 0 saturated carbocycles. The molecule has 5 aromatic rings. The Morgan fingerprint density at radius 1 is 0.934 bits per heavy atom. The summed E-state index contributed by atoms with van der Waals surface area (Å²) in [6.07, 6.45) is -0.230. The number of nitrogens with zero attached hydrogens (tertiary/aromatic N) is 7. The van der Waals surface area contributed by atoms with Crippen molar-refractivity contribution in [1.29, 1.82) is 0 Å². The third-order valence-electron chi connectivity index (χ3n) is 10.2. The zero-order valence-electron chi connectivity index (χ0n) is 36.1. The van der Waals surface area contributed by atoms with Crippen LogP contribution in [0.2, 0.25) is 0 Å². The van der Waals surface area contributed by atoms with Gasteiger partial charge >= 0.3 is 0 Å². The van der Waals surface area contributed by atoms with Crippen molar-refractivity contribution in [2.45, 2.75) is 69.9 Å².